The Kier molecular flexibility index (Phi) is 4.49. The van der Waals surface area contributed by atoms with Gasteiger partial charge in [0.05, 0.1) is 4.92 Å². The van der Waals surface area contributed by atoms with Crippen LogP contribution in [0, 0.1) is 10.1 Å². The lowest BCUT2D eigenvalue weighted by molar-refractivity contribution is -0.384. The molecule has 0 spiro atoms. The third-order valence-corrected chi connectivity index (χ3v) is 4.33. The van der Waals surface area contributed by atoms with E-state index >= 15 is 0 Å². The summed E-state index contributed by atoms with van der Waals surface area (Å²) in [6.45, 7) is 3.12. The highest BCUT2D eigenvalue weighted by molar-refractivity contribution is 5.34. The van der Waals surface area contributed by atoms with Crippen LogP contribution in [0.15, 0.2) is 54.6 Å². The fourth-order valence-corrected chi connectivity index (χ4v) is 3.18. The smallest absolute Gasteiger partial charge is 0.269 e. The highest BCUT2D eigenvalue weighted by atomic mass is 16.6. The number of likely N-dealkylation sites (tertiary alicyclic amines) is 1. The van der Waals surface area contributed by atoms with Gasteiger partial charge in [0.2, 0.25) is 0 Å². The monoisotopic (exact) mass is 296 g/mol. The standard InChI is InChI=1S/C18H20N2O2/c21-20(22)18-10-8-16(9-11-18)17-7-4-12-19(14-17)13-15-5-2-1-3-6-15/h1-3,5-6,8-11,17H,4,7,12-14H2. The number of rotatable bonds is 4. The van der Waals surface area contributed by atoms with Crippen molar-refractivity contribution in [1.82, 2.24) is 4.90 Å². The molecule has 22 heavy (non-hydrogen) atoms. The van der Waals surface area contributed by atoms with Gasteiger partial charge >= 0.3 is 0 Å². The van der Waals surface area contributed by atoms with Gasteiger partial charge in [-0.2, -0.15) is 0 Å². The van der Waals surface area contributed by atoms with Crippen LogP contribution in [0.25, 0.3) is 0 Å². The average Bonchev–Trinajstić information content (AvgIpc) is 2.56. The number of hydrogen-bond donors (Lipinski definition) is 0. The van der Waals surface area contributed by atoms with Crippen molar-refractivity contribution in [1.29, 1.82) is 0 Å². The van der Waals surface area contributed by atoms with E-state index in [1.807, 2.05) is 18.2 Å². The lowest BCUT2D eigenvalue weighted by Crippen LogP contribution is -2.33. The van der Waals surface area contributed by atoms with Crippen LogP contribution in [0.5, 0.6) is 0 Å². The van der Waals surface area contributed by atoms with E-state index in [2.05, 4.69) is 29.2 Å². The van der Waals surface area contributed by atoms with Crippen molar-refractivity contribution in [3.8, 4) is 0 Å². The van der Waals surface area contributed by atoms with Gasteiger partial charge < -0.3 is 0 Å². The van der Waals surface area contributed by atoms with Gasteiger partial charge in [0.1, 0.15) is 0 Å². The minimum Gasteiger partial charge on any atom is -0.298 e. The second kappa shape index (κ2) is 6.71. The Morgan fingerprint density at radius 3 is 2.50 bits per heavy atom. The molecule has 0 aromatic heterocycles. The van der Waals surface area contributed by atoms with Crippen LogP contribution in [0.3, 0.4) is 0 Å². The van der Waals surface area contributed by atoms with Gasteiger partial charge in [0.15, 0.2) is 0 Å². The van der Waals surface area contributed by atoms with Crippen molar-refractivity contribution < 1.29 is 4.92 Å². The van der Waals surface area contributed by atoms with Crippen LogP contribution >= 0.6 is 0 Å². The molecule has 114 valence electrons. The van der Waals surface area contributed by atoms with E-state index in [1.165, 1.54) is 17.5 Å². The molecular weight excluding hydrogens is 276 g/mol. The lowest BCUT2D eigenvalue weighted by atomic mass is 9.90. The van der Waals surface area contributed by atoms with Crippen LogP contribution in [-0.2, 0) is 6.54 Å². The molecule has 3 rings (SSSR count). The fraction of sp³-hybridized carbons (Fsp3) is 0.333. The molecule has 1 aliphatic heterocycles. The zero-order valence-corrected chi connectivity index (χ0v) is 12.5. The molecule has 2 aromatic rings. The van der Waals surface area contributed by atoms with Gasteiger partial charge in [0, 0.05) is 25.2 Å². The molecule has 0 amide bonds. The highest BCUT2D eigenvalue weighted by Gasteiger charge is 2.21. The molecule has 1 aliphatic rings. The molecule has 0 radical (unpaired) electrons. The van der Waals surface area contributed by atoms with Crippen molar-refractivity contribution in [3.05, 3.63) is 75.8 Å². The first kappa shape index (κ1) is 14.7. The predicted molar refractivity (Wildman–Crippen MR) is 86.8 cm³/mol. The molecule has 0 bridgehead atoms. The largest absolute Gasteiger partial charge is 0.298 e. The van der Waals surface area contributed by atoms with Crippen LogP contribution in [0.1, 0.15) is 29.9 Å². The summed E-state index contributed by atoms with van der Waals surface area (Å²) in [5.74, 6) is 0.471. The number of non-ortho nitro benzene ring substituents is 1. The lowest BCUT2D eigenvalue weighted by Gasteiger charge is -2.33. The Bertz CT molecular complexity index is 625. The summed E-state index contributed by atoms with van der Waals surface area (Å²) < 4.78 is 0. The molecule has 0 N–H and O–H groups in total. The van der Waals surface area contributed by atoms with E-state index in [9.17, 15) is 10.1 Å². The Hall–Kier alpha value is -2.20. The molecule has 1 fully saturated rings. The molecule has 0 saturated carbocycles. The number of nitrogens with zero attached hydrogens (tertiary/aromatic N) is 2. The molecule has 4 heteroatoms. The van der Waals surface area contributed by atoms with Crippen molar-refractivity contribution in [3.63, 3.8) is 0 Å². The van der Waals surface area contributed by atoms with Gasteiger partial charge in [-0.15, -0.1) is 0 Å². The maximum atomic E-state index is 10.7. The van der Waals surface area contributed by atoms with Gasteiger partial charge in [-0.25, -0.2) is 0 Å². The minimum atomic E-state index is -0.341. The molecule has 4 nitrogen and oxygen atoms in total. The van der Waals surface area contributed by atoms with Gasteiger partial charge in [-0.1, -0.05) is 42.5 Å². The molecule has 1 heterocycles. The molecule has 1 saturated heterocycles. The molecule has 1 unspecified atom stereocenters. The summed E-state index contributed by atoms with van der Waals surface area (Å²) in [5, 5.41) is 10.7. The summed E-state index contributed by atoms with van der Waals surface area (Å²) in [5.41, 5.74) is 2.72. The summed E-state index contributed by atoms with van der Waals surface area (Å²) in [4.78, 5) is 12.9. The Labute approximate surface area is 130 Å². The summed E-state index contributed by atoms with van der Waals surface area (Å²) in [7, 11) is 0. The van der Waals surface area contributed by atoms with E-state index in [4.69, 9.17) is 0 Å². The van der Waals surface area contributed by atoms with E-state index in [1.54, 1.807) is 12.1 Å². The van der Waals surface area contributed by atoms with Crippen LogP contribution < -0.4 is 0 Å². The average molecular weight is 296 g/mol. The van der Waals surface area contributed by atoms with E-state index in [0.717, 1.165) is 26.1 Å². The number of piperidine rings is 1. The molecule has 1 atom stereocenters. The summed E-state index contributed by atoms with van der Waals surface area (Å²) in [6.07, 6.45) is 2.33. The number of benzene rings is 2. The summed E-state index contributed by atoms with van der Waals surface area (Å²) >= 11 is 0. The van der Waals surface area contributed by atoms with Crippen molar-refractivity contribution in [2.45, 2.75) is 25.3 Å². The van der Waals surface area contributed by atoms with E-state index in [-0.39, 0.29) is 10.6 Å². The van der Waals surface area contributed by atoms with Crippen LogP contribution in [0.2, 0.25) is 0 Å². The Morgan fingerprint density at radius 2 is 1.82 bits per heavy atom. The summed E-state index contributed by atoms with van der Waals surface area (Å²) in [6, 6.07) is 17.6. The zero-order valence-electron chi connectivity index (χ0n) is 12.5. The van der Waals surface area contributed by atoms with Gasteiger partial charge in [0.25, 0.3) is 5.69 Å². The quantitative estimate of drug-likeness (QED) is 0.633. The maximum Gasteiger partial charge on any atom is 0.269 e. The SMILES string of the molecule is O=[N+]([O-])c1ccc(C2CCCN(Cc3ccccc3)C2)cc1. The van der Waals surface area contributed by atoms with Crippen molar-refractivity contribution in [2.75, 3.05) is 13.1 Å². The van der Waals surface area contributed by atoms with Crippen LogP contribution in [-0.4, -0.2) is 22.9 Å². The fourth-order valence-electron chi connectivity index (χ4n) is 3.18. The van der Waals surface area contributed by atoms with Crippen molar-refractivity contribution >= 4 is 5.69 Å². The third kappa shape index (κ3) is 3.52. The minimum absolute atomic E-state index is 0.167. The molecular formula is C18H20N2O2. The number of nitro groups is 1. The van der Waals surface area contributed by atoms with Gasteiger partial charge in [-0.05, 0) is 36.4 Å². The Balaban J connectivity index is 1.66. The number of nitro benzene ring substituents is 1. The second-order valence-electron chi connectivity index (χ2n) is 5.91. The van der Waals surface area contributed by atoms with Gasteiger partial charge in [-0.3, -0.25) is 15.0 Å². The first-order valence-electron chi connectivity index (χ1n) is 7.73. The first-order valence-corrected chi connectivity index (χ1v) is 7.73. The Morgan fingerprint density at radius 1 is 1.09 bits per heavy atom. The zero-order chi connectivity index (χ0) is 15.4. The van der Waals surface area contributed by atoms with E-state index in [0.29, 0.717) is 5.92 Å². The van der Waals surface area contributed by atoms with E-state index < -0.39 is 0 Å². The normalized spacial score (nSPS) is 19.0. The maximum absolute atomic E-state index is 10.7. The molecule has 0 aliphatic carbocycles. The second-order valence-corrected chi connectivity index (χ2v) is 5.91. The topological polar surface area (TPSA) is 46.4 Å². The highest BCUT2D eigenvalue weighted by Crippen LogP contribution is 2.28. The first-order chi connectivity index (χ1) is 10.7. The molecule has 2 aromatic carbocycles. The predicted octanol–water partition coefficient (Wildman–Crippen LogP) is 3.97. The van der Waals surface area contributed by atoms with Crippen molar-refractivity contribution in [2.24, 2.45) is 0 Å². The third-order valence-electron chi connectivity index (χ3n) is 4.33. The number of hydrogen-bond acceptors (Lipinski definition) is 3. The van der Waals surface area contributed by atoms with Crippen LogP contribution in [0.4, 0.5) is 5.69 Å².